The fourth-order valence-corrected chi connectivity index (χ4v) is 3.77. The van der Waals surface area contributed by atoms with Gasteiger partial charge < -0.3 is 9.64 Å². The third-order valence-electron chi connectivity index (χ3n) is 4.50. The number of nitrogens with zero attached hydrogens (tertiary/aromatic N) is 5. The van der Waals surface area contributed by atoms with Crippen molar-refractivity contribution in [3.63, 3.8) is 0 Å². The highest BCUT2D eigenvalue weighted by molar-refractivity contribution is 7.09. The summed E-state index contributed by atoms with van der Waals surface area (Å²) in [7, 11) is 1.64. The van der Waals surface area contributed by atoms with Crippen molar-refractivity contribution in [3.8, 4) is 11.4 Å². The van der Waals surface area contributed by atoms with Crippen LogP contribution in [0.25, 0.3) is 5.69 Å². The smallest absolute Gasteiger partial charge is 0.254 e. The minimum atomic E-state index is -0.0485. The molecule has 0 aliphatic heterocycles. The number of carbonyl (C=O) groups is 1. The number of tetrazole rings is 1. The Morgan fingerprint density at radius 3 is 2.59 bits per heavy atom. The molecule has 8 heteroatoms. The molecule has 0 spiro atoms. The Balaban J connectivity index is 1.60. The average molecular weight is 405 g/mol. The molecule has 0 saturated heterocycles. The van der Waals surface area contributed by atoms with E-state index in [1.54, 1.807) is 35.3 Å². The molecule has 0 N–H and O–H groups in total. The van der Waals surface area contributed by atoms with Gasteiger partial charge in [-0.1, -0.05) is 24.3 Å². The lowest BCUT2D eigenvalue weighted by Crippen LogP contribution is -2.30. The fourth-order valence-electron chi connectivity index (χ4n) is 3.05. The van der Waals surface area contributed by atoms with Crippen LogP contribution in [0.4, 0.5) is 0 Å². The molecule has 7 nitrogen and oxygen atoms in total. The first-order valence-corrected chi connectivity index (χ1v) is 9.89. The first-order chi connectivity index (χ1) is 14.2. The van der Waals surface area contributed by atoms with Crippen molar-refractivity contribution in [2.75, 3.05) is 7.11 Å². The quantitative estimate of drug-likeness (QED) is 0.470. The van der Waals surface area contributed by atoms with Crippen LogP contribution in [-0.4, -0.2) is 38.1 Å². The zero-order chi connectivity index (χ0) is 20.1. The molecule has 29 heavy (non-hydrogen) atoms. The predicted octanol–water partition coefficient (Wildman–Crippen LogP) is 3.58. The second-order valence-electron chi connectivity index (χ2n) is 6.35. The monoisotopic (exact) mass is 405 g/mol. The predicted molar refractivity (Wildman–Crippen MR) is 110 cm³/mol. The van der Waals surface area contributed by atoms with Crippen LogP contribution >= 0.6 is 11.3 Å². The molecular formula is C21H19N5O2S. The van der Waals surface area contributed by atoms with Gasteiger partial charge in [-0.15, -0.1) is 16.4 Å². The molecular weight excluding hydrogens is 386 g/mol. The normalized spacial score (nSPS) is 10.7. The number of amides is 1. The van der Waals surface area contributed by atoms with Gasteiger partial charge in [-0.2, -0.15) is 0 Å². The minimum Gasteiger partial charge on any atom is -0.496 e. The number of benzene rings is 2. The second kappa shape index (κ2) is 8.66. The summed E-state index contributed by atoms with van der Waals surface area (Å²) in [6.07, 6.45) is 1.52. The molecule has 2 aromatic heterocycles. The Bertz CT molecular complexity index is 1060. The van der Waals surface area contributed by atoms with E-state index >= 15 is 0 Å². The maximum Gasteiger partial charge on any atom is 0.254 e. The summed E-state index contributed by atoms with van der Waals surface area (Å²) in [5.74, 6) is 0.720. The van der Waals surface area contributed by atoms with Gasteiger partial charge in [0.25, 0.3) is 5.91 Å². The van der Waals surface area contributed by atoms with E-state index in [2.05, 4.69) is 15.5 Å². The first-order valence-electron chi connectivity index (χ1n) is 9.01. The molecule has 4 rings (SSSR count). The van der Waals surface area contributed by atoms with Crippen molar-refractivity contribution < 1.29 is 9.53 Å². The third kappa shape index (κ3) is 4.33. The highest BCUT2D eigenvalue weighted by Gasteiger charge is 2.19. The number of hydrogen-bond acceptors (Lipinski definition) is 6. The maximum absolute atomic E-state index is 13.3. The molecule has 0 radical (unpaired) electrons. The average Bonchev–Trinajstić information content (AvgIpc) is 3.48. The van der Waals surface area contributed by atoms with Crippen LogP contribution in [0.1, 0.15) is 20.8 Å². The number of rotatable bonds is 7. The number of para-hydroxylation sites is 1. The number of methoxy groups -OCH3 is 1. The van der Waals surface area contributed by atoms with Crippen LogP contribution in [0.15, 0.2) is 72.4 Å². The number of hydrogen-bond donors (Lipinski definition) is 0. The SMILES string of the molecule is COc1ccccc1CN(Cc1cccs1)C(=O)c1ccc(-n2cnnn2)cc1. The van der Waals surface area contributed by atoms with Crippen molar-refractivity contribution in [2.24, 2.45) is 0 Å². The Morgan fingerprint density at radius 1 is 1.07 bits per heavy atom. The first kappa shape index (κ1) is 18.8. The molecule has 0 unspecified atom stereocenters. The lowest BCUT2D eigenvalue weighted by atomic mass is 10.1. The zero-order valence-electron chi connectivity index (χ0n) is 15.8. The van der Waals surface area contributed by atoms with Gasteiger partial charge >= 0.3 is 0 Å². The lowest BCUT2D eigenvalue weighted by Gasteiger charge is -2.23. The zero-order valence-corrected chi connectivity index (χ0v) is 16.6. The largest absolute Gasteiger partial charge is 0.496 e. The lowest BCUT2D eigenvalue weighted by molar-refractivity contribution is 0.0730. The van der Waals surface area contributed by atoms with Crippen molar-refractivity contribution in [1.82, 2.24) is 25.1 Å². The summed E-state index contributed by atoms with van der Waals surface area (Å²) >= 11 is 1.63. The van der Waals surface area contributed by atoms with Gasteiger partial charge in [0.2, 0.25) is 0 Å². The Labute approximate surface area is 172 Å². The van der Waals surface area contributed by atoms with E-state index in [9.17, 15) is 4.79 Å². The Hall–Kier alpha value is -3.52. The van der Waals surface area contributed by atoms with E-state index in [4.69, 9.17) is 4.74 Å². The van der Waals surface area contributed by atoms with E-state index in [-0.39, 0.29) is 5.91 Å². The Kier molecular flexibility index (Phi) is 5.62. The van der Waals surface area contributed by atoms with Crippen LogP contribution < -0.4 is 4.74 Å². The minimum absolute atomic E-state index is 0.0485. The molecule has 2 heterocycles. The molecule has 0 aliphatic carbocycles. The van der Waals surface area contributed by atoms with Gasteiger partial charge in [-0.3, -0.25) is 4.79 Å². The molecule has 0 atom stereocenters. The summed E-state index contributed by atoms with van der Waals surface area (Å²) in [5, 5.41) is 13.2. The summed E-state index contributed by atoms with van der Waals surface area (Å²) < 4.78 is 7.02. The second-order valence-corrected chi connectivity index (χ2v) is 7.39. The number of ether oxygens (including phenoxy) is 1. The highest BCUT2D eigenvalue weighted by Crippen LogP contribution is 2.23. The fraction of sp³-hybridized carbons (Fsp3) is 0.143. The molecule has 0 aliphatic rings. The topological polar surface area (TPSA) is 73.1 Å². The van der Waals surface area contributed by atoms with E-state index in [1.165, 1.54) is 6.33 Å². The Morgan fingerprint density at radius 2 is 1.90 bits per heavy atom. The van der Waals surface area contributed by atoms with Crippen LogP contribution in [0.5, 0.6) is 5.75 Å². The summed E-state index contributed by atoms with van der Waals surface area (Å²) in [6.45, 7) is 0.985. The summed E-state index contributed by atoms with van der Waals surface area (Å²) in [5.41, 5.74) is 2.36. The highest BCUT2D eigenvalue weighted by atomic mass is 32.1. The van der Waals surface area contributed by atoms with Gasteiger partial charge in [0.15, 0.2) is 0 Å². The molecule has 146 valence electrons. The van der Waals surface area contributed by atoms with E-state index in [1.807, 2.05) is 58.8 Å². The molecule has 1 amide bonds. The van der Waals surface area contributed by atoms with Crippen LogP contribution in [0.2, 0.25) is 0 Å². The van der Waals surface area contributed by atoms with Gasteiger partial charge in [-0.25, -0.2) is 4.68 Å². The van der Waals surface area contributed by atoms with Gasteiger partial charge in [0.05, 0.1) is 25.9 Å². The molecule has 0 fully saturated rings. The van der Waals surface area contributed by atoms with Crippen molar-refractivity contribution in [1.29, 1.82) is 0 Å². The molecule has 0 saturated carbocycles. The number of aromatic nitrogens is 4. The van der Waals surface area contributed by atoms with Crippen LogP contribution in [0.3, 0.4) is 0 Å². The van der Waals surface area contributed by atoms with E-state index in [0.29, 0.717) is 18.7 Å². The van der Waals surface area contributed by atoms with Crippen molar-refractivity contribution >= 4 is 17.2 Å². The third-order valence-corrected chi connectivity index (χ3v) is 5.36. The number of thiophene rings is 1. The summed E-state index contributed by atoms with van der Waals surface area (Å²) in [6, 6.07) is 19.0. The number of carbonyl (C=O) groups excluding carboxylic acids is 1. The van der Waals surface area contributed by atoms with Crippen LogP contribution in [0, 0.1) is 0 Å². The van der Waals surface area contributed by atoms with Crippen molar-refractivity contribution in [3.05, 3.63) is 88.4 Å². The van der Waals surface area contributed by atoms with Crippen LogP contribution in [-0.2, 0) is 13.1 Å². The van der Waals surface area contributed by atoms with E-state index in [0.717, 1.165) is 21.9 Å². The van der Waals surface area contributed by atoms with Gasteiger partial charge in [0.1, 0.15) is 12.1 Å². The molecule has 0 bridgehead atoms. The van der Waals surface area contributed by atoms with E-state index < -0.39 is 0 Å². The van der Waals surface area contributed by atoms with Crippen molar-refractivity contribution in [2.45, 2.75) is 13.1 Å². The standard InChI is InChI=1S/C21H19N5O2S/c1-28-20-7-3-2-5-17(20)13-25(14-19-6-4-12-29-19)21(27)16-8-10-18(11-9-16)26-15-22-23-24-26/h2-12,15H,13-14H2,1H3. The molecule has 4 aromatic rings. The van der Waals surface area contributed by atoms with Gasteiger partial charge in [0, 0.05) is 16.0 Å². The van der Waals surface area contributed by atoms with Gasteiger partial charge in [-0.05, 0) is 52.2 Å². The summed E-state index contributed by atoms with van der Waals surface area (Å²) in [4.78, 5) is 16.3. The molecule has 2 aromatic carbocycles. The maximum atomic E-state index is 13.3.